The molecule has 0 radical (unpaired) electrons. The van der Waals surface area contributed by atoms with E-state index in [1.165, 1.54) is 16.3 Å². The SMILES string of the molecule is COCCOCOc1cc2c(c(F)c1Br)C[C@H](N[C@@H](C)c1cccc3ccccc13)CC2. The Balaban J connectivity index is 1.44. The van der Waals surface area contributed by atoms with Crippen molar-refractivity contribution >= 4 is 26.7 Å². The largest absolute Gasteiger partial charge is 0.466 e. The molecular formula is C26H29BrFNO3. The summed E-state index contributed by atoms with van der Waals surface area (Å²) < 4.78 is 31.5. The quantitative estimate of drug-likeness (QED) is 0.290. The highest BCUT2D eigenvalue weighted by Crippen LogP contribution is 2.37. The molecule has 0 fully saturated rings. The van der Waals surface area contributed by atoms with Crippen LogP contribution >= 0.6 is 15.9 Å². The van der Waals surface area contributed by atoms with Gasteiger partial charge in [0.1, 0.15) is 11.6 Å². The maximum absolute atomic E-state index is 15.2. The van der Waals surface area contributed by atoms with Gasteiger partial charge in [-0.25, -0.2) is 4.39 Å². The van der Waals surface area contributed by atoms with Gasteiger partial charge in [-0.3, -0.25) is 0 Å². The van der Waals surface area contributed by atoms with Gasteiger partial charge in [0.15, 0.2) is 6.79 Å². The van der Waals surface area contributed by atoms with Crippen LogP contribution in [0.2, 0.25) is 0 Å². The lowest BCUT2D eigenvalue weighted by Crippen LogP contribution is -2.36. The molecule has 1 N–H and O–H groups in total. The first kappa shape index (κ1) is 23.2. The van der Waals surface area contributed by atoms with Crippen LogP contribution in [0.25, 0.3) is 10.8 Å². The predicted octanol–water partition coefficient (Wildman–Crippen LogP) is 5.95. The highest BCUT2D eigenvalue weighted by atomic mass is 79.9. The van der Waals surface area contributed by atoms with Crippen molar-refractivity contribution in [3.63, 3.8) is 0 Å². The summed E-state index contributed by atoms with van der Waals surface area (Å²) in [4.78, 5) is 0. The number of methoxy groups -OCH3 is 1. The van der Waals surface area contributed by atoms with E-state index in [-0.39, 0.29) is 24.7 Å². The number of benzene rings is 3. The van der Waals surface area contributed by atoms with Crippen molar-refractivity contribution in [2.24, 2.45) is 0 Å². The summed E-state index contributed by atoms with van der Waals surface area (Å²) in [7, 11) is 1.62. The van der Waals surface area contributed by atoms with Gasteiger partial charge in [-0.05, 0) is 75.6 Å². The van der Waals surface area contributed by atoms with Gasteiger partial charge in [-0.2, -0.15) is 0 Å². The molecule has 1 aliphatic rings. The van der Waals surface area contributed by atoms with Gasteiger partial charge in [-0.15, -0.1) is 0 Å². The van der Waals surface area contributed by atoms with Gasteiger partial charge in [-0.1, -0.05) is 42.5 Å². The Morgan fingerprint density at radius 3 is 2.81 bits per heavy atom. The lowest BCUT2D eigenvalue weighted by Gasteiger charge is -2.30. The Kier molecular flexibility index (Phi) is 7.79. The number of halogens is 2. The fraction of sp³-hybridized carbons (Fsp3) is 0.385. The summed E-state index contributed by atoms with van der Waals surface area (Å²) in [6, 6.07) is 17.2. The second-order valence-electron chi connectivity index (χ2n) is 8.20. The molecule has 0 heterocycles. The number of hydrogen-bond acceptors (Lipinski definition) is 4. The van der Waals surface area contributed by atoms with E-state index in [1.54, 1.807) is 7.11 Å². The average molecular weight is 502 g/mol. The maximum atomic E-state index is 15.2. The number of fused-ring (bicyclic) bond motifs is 2. The van der Waals surface area contributed by atoms with Crippen molar-refractivity contribution in [3.05, 3.63) is 75.5 Å². The number of aryl methyl sites for hydroxylation is 1. The molecular weight excluding hydrogens is 473 g/mol. The van der Waals surface area contributed by atoms with E-state index in [4.69, 9.17) is 14.2 Å². The van der Waals surface area contributed by atoms with E-state index in [9.17, 15) is 0 Å². The van der Waals surface area contributed by atoms with E-state index in [0.29, 0.717) is 29.9 Å². The van der Waals surface area contributed by atoms with Gasteiger partial charge in [0, 0.05) is 19.2 Å². The van der Waals surface area contributed by atoms with Crippen molar-refractivity contribution in [2.45, 2.75) is 38.3 Å². The first-order valence-corrected chi connectivity index (χ1v) is 11.8. The molecule has 0 saturated heterocycles. The molecule has 0 spiro atoms. The van der Waals surface area contributed by atoms with Crippen LogP contribution in [0.4, 0.5) is 4.39 Å². The van der Waals surface area contributed by atoms with Gasteiger partial charge < -0.3 is 19.5 Å². The van der Waals surface area contributed by atoms with E-state index in [1.807, 2.05) is 6.07 Å². The van der Waals surface area contributed by atoms with E-state index < -0.39 is 0 Å². The zero-order chi connectivity index (χ0) is 22.5. The molecule has 0 aromatic heterocycles. The molecule has 1 aliphatic carbocycles. The third-order valence-corrected chi connectivity index (χ3v) is 6.82. The predicted molar refractivity (Wildman–Crippen MR) is 129 cm³/mol. The maximum Gasteiger partial charge on any atom is 0.189 e. The Hall–Kier alpha value is -1.99. The monoisotopic (exact) mass is 501 g/mol. The van der Waals surface area contributed by atoms with Gasteiger partial charge in [0.05, 0.1) is 17.7 Å². The van der Waals surface area contributed by atoms with Crippen molar-refractivity contribution in [2.75, 3.05) is 27.1 Å². The Labute approximate surface area is 197 Å². The normalized spacial score (nSPS) is 16.7. The smallest absolute Gasteiger partial charge is 0.189 e. The molecule has 4 nitrogen and oxygen atoms in total. The molecule has 0 bridgehead atoms. The van der Waals surface area contributed by atoms with E-state index in [2.05, 4.69) is 70.6 Å². The van der Waals surface area contributed by atoms with Gasteiger partial charge >= 0.3 is 0 Å². The molecule has 0 aliphatic heterocycles. The van der Waals surface area contributed by atoms with Gasteiger partial charge in [0.2, 0.25) is 0 Å². The minimum absolute atomic E-state index is 0.0624. The average Bonchev–Trinajstić information content (AvgIpc) is 2.82. The minimum Gasteiger partial charge on any atom is -0.466 e. The van der Waals surface area contributed by atoms with Crippen molar-refractivity contribution in [1.29, 1.82) is 0 Å². The molecule has 32 heavy (non-hydrogen) atoms. The molecule has 0 unspecified atom stereocenters. The topological polar surface area (TPSA) is 39.7 Å². The standard InChI is InChI=1S/C26H29BrFNO3/c1-17(21-9-5-7-18-6-3-4-8-22(18)21)29-20-11-10-19-14-24(32-16-31-13-12-30-2)25(27)26(28)23(19)15-20/h3-9,14,17,20,29H,10-13,15-16H2,1-2H3/t17-,20+/m0/s1. The van der Waals surface area contributed by atoms with Crippen LogP contribution in [0, 0.1) is 5.82 Å². The fourth-order valence-corrected chi connectivity index (χ4v) is 4.91. The molecule has 0 saturated carbocycles. The Bertz CT molecular complexity index is 1070. The van der Waals surface area contributed by atoms with E-state index in [0.717, 1.165) is 24.0 Å². The highest BCUT2D eigenvalue weighted by Gasteiger charge is 2.26. The van der Waals surface area contributed by atoms with Crippen LogP contribution < -0.4 is 10.1 Å². The zero-order valence-corrected chi connectivity index (χ0v) is 20.1. The molecule has 4 rings (SSSR count). The second kappa shape index (κ2) is 10.8. The summed E-state index contributed by atoms with van der Waals surface area (Å²) in [6.45, 7) is 3.18. The molecule has 6 heteroatoms. The van der Waals surface area contributed by atoms with E-state index >= 15 is 4.39 Å². The Morgan fingerprint density at radius 1 is 1.16 bits per heavy atom. The fourth-order valence-electron chi connectivity index (χ4n) is 4.44. The summed E-state index contributed by atoms with van der Waals surface area (Å²) in [5.41, 5.74) is 3.04. The van der Waals surface area contributed by atoms with Gasteiger partial charge in [0.25, 0.3) is 0 Å². The molecule has 0 amide bonds. The molecule has 2 atom stereocenters. The third kappa shape index (κ3) is 5.15. The first-order valence-electron chi connectivity index (χ1n) is 11.0. The summed E-state index contributed by atoms with van der Waals surface area (Å²) >= 11 is 3.38. The molecule has 3 aromatic rings. The minimum atomic E-state index is -0.237. The molecule has 170 valence electrons. The second-order valence-corrected chi connectivity index (χ2v) is 8.99. The lowest BCUT2D eigenvalue weighted by molar-refractivity contribution is -0.00899. The summed E-state index contributed by atoms with van der Waals surface area (Å²) in [5.74, 6) is 0.243. The van der Waals surface area contributed by atoms with Crippen LogP contribution in [0.3, 0.4) is 0 Å². The summed E-state index contributed by atoms with van der Waals surface area (Å²) in [5, 5.41) is 6.23. The number of nitrogens with one attached hydrogen (secondary N) is 1. The van der Waals surface area contributed by atoms with Crippen LogP contribution in [0.15, 0.2) is 53.0 Å². The number of hydrogen-bond donors (Lipinski definition) is 1. The van der Waals surface area contributed by atoms with Crippen molar-refractivity contribution in [3.8, 4) is 5.75 Å². The van der Waals surface area contributed by atoms with Crippen LogP contribution in [0.5, 0.6) is 5.75 Å². The lowest BCUT2D eigenvalue weighted by atomic mass is 9.87. The van der Waals surface area contributed by atoms with Crippen molar-refractivity contribution < 1.29 is 18.6 Å². The number of ether oxygens (including phenoxy) is 3. The summed E-state index contributed by atoms with van der Waals surface area (Å²) in [6.07, 6.45) is 2.41. The number of rotatable bonds is 9. The van der Waals surface area contributed by atoms with Crippen LogP contribution in [-0.4, -0.2) is 33.2 Å². The first-order chi connectivity index (χ1) is 15.6. The molecule has 3 aromatic carbocycles. The third-order valence-electron chi connectivity index (χ3n) is 6.08. The Morgan fingerprint density at radius 2 is 1.97 bits per heavy atom. The van der Waals surface area contributed by atoms with Crippen molar-refractivity contribution in [1.82, 2.24) is 5.32 Å². The zero-order valence-electron chi connectivity index (χ0n) is 18.5. The highest BCUT2D eigenvalue weighted by molar-refractivity contribution is 9.10. The van der Waals surface area contributed by atoms with Crippen LogP contribution in [0.1, 0.15) is 36.1 Å². The van der Waals surface area contributed by atoms with Crippen LogP contribution in [-0.2, 0) is 22.3 Å².